The van der Waals surface area contributed by atoms with Crippen molar-refractivity contribution >= 4 is 24.2 Å². The zero-order chi connectivity index (χ0) is 26.7. The standard InChI is InChI=1S/C27H28O10/c1-6-32-25(29)23-22(16-8-10-18-21(13-16)34-14-33-18)17(24(28)36-23)11-15-7-9-19(20(12-15)31-5)35-26(30)37-27(2,3)4/h7-13,22-23H,6,14H2,1-5H3/b17-11+/t22-,23+/m1/s1. The number of benzene rings is 2. The van der Waals surface area contributed by atoms with Crippen LogP contribution < -0.4 is 18.9 Å². The summed E-state index contributed by atoms with van der Waals surface area (Å²) < 4.78 is 37.3. The van der Waals surface area contributed by atoms with Crippen molar-refractivity contribution in [2.75, 3.05) is 20.5 Å². The van der Waals surface area contributed by atoms with Crippen molar-refractivity contribution in [3.05, 3.63) is 53.1 Å². The topological polar surface area (TPSA) is 116 Å². The normalized spacial score (nSPS) is 19.4. The maximum atomic E-state index is 12.9. The number of carbonyl (C=O) groups is 3. The second-order valence-electron chi connectivity index (χ2n) is 9.24. The Labute approximate surface area is 214 Å². The van der Waals surface area contributed by atoms with Gasteiger partial charge < -0.3 is 33.2 Å². The molecule has 2 aliphatic rings. The average molecular weight is 513 g/mol. The molecule has 37 heavy (non-hydrogen) atoms. The van der Waals surface area contributed by atoms with Crippen molar-refractivity contribution < 1.29 is 47.5 Å². The molecule has 0 saturated carbocycles. The Balaban J connectivity index is 1.69. The van der Waals surface area contributed by atoms with Gasteiger partial charge in [-0.25, -0.2) is 14.4 Å². The van der Waals surface area contributed by atoms with Crippen LogP contribution in [-0.2, 0) is 23.8 Å². The summed E-state index contributed by atoms with van der Waals surface area (Å²) in [5.41, 5.74) is 0.683. The Kier molecular flexibility index (Phi) is 7.28. The second kappa shape index (κ2) is 10.4. The predicted octanol–water partition coefficient (Wildman–Crippen LogP) is 4.39. The average Bonchev–Trinajstić information content (AvgIpc) is 3.43. The molecular formula is C27H28O10. The Morgan fingerprint density at radius 1 is 1.05 bits per heavy atom. The summed E-state index contributed by atoms with van der Waals surface area (Å²) in [5, 5.41) is 0. The highest BCUT2D eigenvalue weighted by atomic mass is 16.7. The van der Waals surface area contributed by atoms with Crippen molar-refractivity contribution in [1.82, 2.24) is 0 Å². The number of fused-ring (bicyclic) bond motifs is 1. The minimum atomic E-state index is -1.17. The lowest BCUT2D eigenvalue weighted by molar-refractivity contribution is -0.161. The molecule has 196 valence electrons. The zero-order valence-corrected chi connectivity index (χ0v) is 21.2. The van der Waals surface area contributed by atoms with E-state index < -0.39 is 35.7 Å². The summed E-state index contributed by atoms with van der Waals surface area (Å²) in [5.74, 6) is -0.612. The number of hydrogen-bond donors (Lipinski definition) is 0. The molecule has 1 saturated heterocycles. The zero-order valence-electron chi connectivity index (χ0n) is 21.2. The molecule has 4 rings (SSSR count). The van der Waals surface area contributed by atoms with Gasteiger partial charge in [-0.2, -0.15) is 0 Å². The van der Waals surface area contributed by atoms with E-state index in [2.05, 4.69) is 0 Å². The molecule has 2 atom stereocenters. The molecule has 0 spiro atoms. The Morgan fingerprint density at radius 2 is 1.81 bits per heavy atom. The Hall–Kier alpha value is -4.21. The third-order valence-electron chi connectivity index (χ3n) is 5.47. The predicted molar refractivity (Wildman–Crippen MR) is 130 cm³/mol. The van der Waals surface area contributed by atoms with E-state index in [0.29, 0.717) is 22.6 Å². The maximum Gasteiger partial charge on any atom is 0.514 e. The Bertz CT molecular complexity index is 1240. The number of methoxy groups -OCH3 is 1. The van der Waals surface area contributed by atoms with Crippen LogP contribution in [0.4, 0.5) is 4.79 Å². The number of cyclic esters (lactones) is 1. The molecule has 1 fully saturated rings. The number of esters is 2. The molecule has 10 nitrogen and oxygen atoms in total. The second-order valence-corrected chi connectivity index (χ2v) is 9.24. The van der Waals surface area contributed by atoms with E-state index in [1.165, 1.54) is 13.2 Å². The fourth-order valence-electron chi connectivity index (χ4n) is 3.96. The van der Waals surface area contributed by atoms with Crippen molar-refractivity contribution in [2.45, 2.75) is 45.3 Å². The quantitative estimate of drug-likeness (QED) is 0.239. The molecule has 0 unspecified atom stereocenters. The summed E-state index contributed by atoms with van der Waals surface area (Å²) in [6.45, 7) is 7.06. The van der Waals surface area contributed by atoms with Crippen LogP contribution in [0.2, 0.25) is 0 Å². The molecule has 0 aliphatic carbocycles. The lowest BCUT2D eigenvalue weighted by Crippen LogP contribution is -2.28. The summed E-state index contributed by atoms with van der Waals surface area (Å²) in [6.07, 6.45) is -0.455. The van der Waals surface area contributed by atoms with E-state index >= 15 is 0 Å². The fourth-order valence-corrected chi connectivity index (χ4v) is 3.96. The van der Waals surface area contributed by atoms with Gasteiger partial charge in [0.15, 0.2) is 23.0 Å². The van der Waals surface area contributed by atoms with Crippen LogP contribution in [-0.4, -0.2) is 50.3 Å². The first-order valence-corrected chi connectivity index (χ1v) is 11.7. The van der Waals surface area contributed by atoms with Crippen molar-refractivity contribution in [2.24, 2.45) is 0 Å². The van der Waals surface area contributed by atoms with Crippen LogP contribution in [0.1, 0.15) is 44.7 Å². The first-order valence-electron chi connectivity index (χ1n) is 11.7. The van der Waals surface area contributed by atoms with Crippen molar-refractivity contribution in [3.8, 4) is 23.0 Å². The first-order chi connectivity index (χ1) is 17.6. The van der Waals surface area contributed by atoms with Crippen LogP contribution in [0, 0.1) is 0 Å². The highest BCUT2D eigenvalue weighted by Gasteiger charge is 2.46. The summed E-state index contributed by atoms with van der Waals surface area (Å²) in [6, 6.07) is 9.93. The third kappa shape index (κ3) is 5.79. The van der Waals surface area contributed by atoms with E-state index in [9.17, 15) is 14.4 Å². The van der Waals surface area contributed by atoms with E-state index in [0.717, 1.165) is 0 Å². The fraction of sp³-hybridized carbons (Fsp3) is 0.370. The molecule has 2 aliphatic heterocycles. The van der Waals surface area contributed by atoms with Crippen LogP contribution >= 0.6 is 0 Å². The van der Waals surface area contributed by atoms with Crippen LogP contribution in [0.25, 0.3) is 6.08 Å². The van der Waals surface area contributed by atoms with Gasteiger partial charge >= 0.3 is 18.1 Å². The number of ether oxygens (including phenoxy) is 7. The van der Waals surface area contributed by atoms with Crippen molar-refractivity contribution in [1.29, 1.82) is 0 Å². The molecule has 2 aromatic carbocycles. The van der Waals surface area contributed by atoms with E-state index in [-0.39, 0.29) is 30.5 Å². The number of rotatable bonds is 6. The summed E-state index contributed by atoms with van der Waals surface area (Å²) in [4.78, 5) is 37.7. The lowest BCUT2D eigenvalue weighted by Gasteiger charge is -2.19. The summed E-state index contributed by atoms with van der Waals surface area (Å²) in [7, 11) is 1.42. The molecule has 0 amide bonds. The van der Waals surface area contributed by atoms with E-state index in [1.807, 2.05) is 0 Å². The molecule has 0 aromatic heterocycles. The molecular weight excluding hydrogens is 484 g/mol. The lowest BCUT2D eigenvalue weighted by atomic mass is 9.87. The Morgan fingerprint density at radius 3 is 2.51 bits per heavy atom. The third-order valence-corrected chi connectivity index (χ3v) is 5.47. The van der Waals surface area contributed by atoms with Gasteiger partial charge in [0.2, 0.25) is 12.9 Å². The van der Waals surface area contributed by atoms with Crippen LogP contribution in [0.15, 0.2) is 42.0 Å². The molecule has 2 heterocycles. The largest absolute Gasteiger partial charge is 0.514 e. The minimum Gasteiger partial charge on any atom is -0.493 e. The first kappa shape index (κ1) is 25.9. The smallest absolute Gasteiger partial charge is 0.493 e. The number of carbonyl (C=O) groups excluding carboxylic acids is 3. The van der Waals surface area contributed by atoms with Crippen molar-refractivity contribution in [3.63, 3.8) is 0 Å². The SMILES string of the molecule is CCOC(=O)[C@H]1OC(=O)/C(=C/c2ccc(OC(=O)OC(C)(C)C)c(OC)c2)[C@H]1c1ccc2c(c1)OCO2. The van der Waals surface area contributed by atoms with Gasteiger partial charge in [-0.1, -0.05) is 12.1 Å². The minimum absolute atomic E-state index is 0.0837. The molecule has 0 N–H and O–H groups in total. The highest BCUT2D eigenvalue weighted by molar-refractivity contribution is 6.01. The number of hydrogen-bond acceptors (Lipinski definition) is 10. The van der Waals surface area contributed by atoms with Gasteiger partial charge in [-0.15, -0.1) is 0 Å². The van der Waals surface area contributed by atoms with E-state index in [1.54, 1.807) is 64.1 Å². The summed E-state index contributed by atoms with van der Waals surface area (Å²) >= 11 is 0. The van der Waals surface area contributed by atoms with Gasteiger partial charge in [-0.3, -0.25) is 0 Å². The molecule has 0 radical (unpaired) electrons. The highest BCUT2D eigenvalue weighted by Crippen LogP contribution is 2.43. The molecule has 10 heteroatoms. The monoisotopic (exact) mass is 512 g/mol. The van der Waals surface area contributed by atoms with E-state index in [4.69, 9.17) is 33.2 Å². The molecule has 2 aromatic rings. The molecule has 0 bridgehead atoms. The van der Waals surface area contributed by atoms with Gasteiger partial charge in [0.1, 0.15) is 5.60 Å². The van der Waals surface area contributed by atoms with Gasteiger partial charge in [0.05, 0.1) is 19.6 Å². The van der Waals surface area contributed by atoms with Crippen LogP contribution in [0.5, 0.6) is 23.0 Å². The van der Waals surface area contributed by atoms with Crippen LogP contribution in [0.3, 0.4) is 0 Å². The maximum absolute atomic E-state index is 12.9. The van der Waals surface area contributed by atoms with Gasteiger partial charge in [0, 0.05) is 5.57 Å². The van der Waals surface area contributed by atoms with Gasteiger partial charge in [-0.05, 0) is 69.2 Å². The van der Waals surface area contributed by atoms with Gasteiger partial charge in [0.25, 0.3) is 0 Å².